The second-order valence-corrected chi connectivity index (χ2v) is 11.3. The first-order chi connectivity index (χ1) is 19.1. The van der Waals surface area contributed by atoms with Gasteiger partial charge in [-0.3, -0.25) is 4.99 Å². The lowest BCUT2D eigenvalue weighted by molar-refractivity contribution is -0.211. The molecular formula is C29H35NO9S. The Labute approximate surface area is 238 Å². The van der Waals surface area contributed by atoms with E-state index in [0.717, 1.165) is 28.6 Å². The minimum absolute atomic E-state index is 0.155. The van der Waals surface area contributed by atoms with Crippen molar-refractivity contribution in [3.05, 3.63) is 59.7 Å². The third kappa shape index (κ3) is 7.34. The first-order valence-electron chi connectivity index (χ1n) is 12.8. The normalized spacial score (nSPS) is 24.1. The molecule has 2 heterocycles. The highest BCUT2D eigenvalue weighted by atomic mass is 32.2. The summed E-state index contributed by atoms with van der Waals surface area (Å²) < 4.78 is 39.9. The van der Waals surface area contributed by atoms with Crippen LogP contribution in [0.3, 0.4) is 0 Å². The maximum atomic E-state index is 12.9. The average molecular weight is 574 g/mol. The second kappa shape index (κ2) is 13.0. The van der Waals surface area contributed by atoms with Gasteiger partial charge in [-0.1, -0.05) is 36.0 Å². The van der Waals surface area contributed by atoms with Crippen molar-refractivity contribution in [1.82, 2.24) is 0 Å². The molecule has 0 saturated carbocycles. The lowest BCUT2D eigenvalue weighted by Gasteiger charge is -2.41. The van der Waals surface area contributed by atoms with Crippen LogP contribution in [0.15, 0.2) is 53.5 Å². The number of ether oxygens (including phenoxy) is 7. The summed E-state index contributed by atoms with van der Waals surface area (Å²) in [5.41, 5.74) is 0.374. The minimum Gasteiger partial charge on any atom is -0.497 e. The number of hydrogen-bond acceptors (Lipinski definition) is 11. The van der Waals surface area contributed by atoms with Crippen LogP contribution in [-0.2, 0) is 46.5 Å². The smallest absolute Gasteiger partial charge is 0.363 e. The number of aliphatic imine (C=N–C) groups is 1. The molecule has 1 fully saturated rings. The van der Waals surface area contributed by atoms with E-state index < -0.39 is 47.3 Å². The summed E-state index contributed by atoms with van der Waals surface area (Å²) in [6.45, 7) is 5.72. The highest BCUT2D eigenvalue weighted by Gasteiger charge is 2.54. The number of methoxy groups -OCH3 is 3. The highest BCUT2D eigenvalue weighted by molar-refractivity contribution is 8.16. The van der Waals surface area contributed by atoms with Crippen molar-refractivity contribution >= 4 is 28.7 Å². The van der Waals surface area contributed by atoms with E-state index in [2.05, 4.69) is 4.99 Å². The molecule has 5 unspecified atom stereocenters. The van der Waals surface area contributed by atoms with Gasteiger partial charge in [0, 0.05) is 0 Å². The number of fused-ring (bicyclic) bond motifs is 1. The summed E-state index contributed by atoms with van der Waals surface area (Å²) in [5, 5.41) is 0.155. The number of esters is 2. The van der Waals surface area contributed by atoms with Gasteiger partial charge in [0.2, 0.25) is 0 Å². The summed E-state index contributed by atoms with van der Waals surface area (Å²) in [4.78, 5) is 30.4. The van der Waals surface area contributed by atoms with Crippen molar-refractivity contribution in [2.75, 3.05) is 21.3 Å². The van der Waals surface area contributed by atoms with E-state index in [0.29, 0.717) is 5.75 Å². The second-order valence-electron chi connectivity index (χ2n) is 10.2. The molecule has 0 aliphatic carbocycles. The van der Waals surface area contributed by atoms with Gasteiger partial charge in [-0.05, 0) is 56.2 Å². The maximum absolute atomic E-state index is 12.9. The number of thioether (sulfide) groups is 1. The predicted octanol–water partition coefficient (Wildman–Crippen LogP) is 3.93. The molecule has 2 aromatic rings. The Morgan fingerprint density at radius 2 is 1.38 bits per heavy atom. The summed E-state index contributed by atoms with van der Waals surface area (Å²) in [6, 6.07) is 14.2. The van der Waals surface area contributed by atoms with E-state index in [1.54, 1.807) is 35.0 Å². The number of carbonyl (C=O) groups is 2. The Hall–Kier alpha value is -3.12. The monoisotopic (exact) mass is 573 g/mol. The van der Waals surface area contributed by atoms with Gasteiger partial charge < -0.3 is 33.2 Å². The zero-order chi connectivity index (χ0) is 28.9. The molecule has 0 spiro atoms. The van der Waals surface area contributed by atoms with Crippen LogP contribution in [0.4, 0.5) is 0 Å². The van der Waals surface area contributed by atoms with Gasteiger partial charge in [-0.15, -0.1) is 0 Å². The largest absolute Gasteiger partial charge is 0.497 e. The Balaban J connectivity index is 1.62. The molecule has 0 aromatic heterocycles. The molecule has 11 heteroatoms. The molecule has 5 atom stereocenters. The molecule has 2 aromatic carbocycles. The number of hydrogen-bond donors (Lipinski definition) is 0. The maximum Gasteiger partial charge on any atom is 0.363 e. The number of carbonyl (C=O) groups excluding carboxylic acids is 2. The molecule has 10 nitrogen and oxygen atoms in total. The standard InChI is InChI=1S/C29H35NO9S/c1-29(2,3)39-27(32)25-30-21-22(36-15-17-7-11-19(33-4)12-8-17)23(24(26(31)35-6)38-28(21)40-25)37-16-18-9-13-20(34-5)14-10-18/h7-14,21-24,28H,15-16H2,1-6H3. The number of nitrogens with zero attached hydrogens (tertiary/aromatic N) is 1. The van der Waals surface area contributed by atoms with Gasteiger partial charge in [-0.25, -0.2) is 9.59 Å². The van der Waals surface area contributed by atoms with E-state index in [-0.39, 0.29) is 18.3 Å². The van der Waals surface area contributed by atoms with Crippen molar-refractivity contribution in [1.29, 1.82) is 0 Å². The van der Waals surface area contributed by atoms with Crippen molar-refractivity contribution in [3.63, 3.8) is 0 Å². The van der Waals surface area contributed by atoms with Crippen LogP contribution >= 0.6 is 11.8 Å². The van der Waals surface area contributed by atoms with Gasteiger partial charge in [0.1, 0.15) is 40.8 Å². The van der Waals surface area contributed by atoms with E-state index in [1.165, 1.54) is 7.11 Å². The Morgan fingerprint density at radius 3 is 1.85 bits per heavy atom. The summed E-state index contributed by atoms with van der Waals surface area (Å²) >= 11 is 1.11. The average Bonchev–Trinajstić information content (AvgIpc) is 3.38. The van der Waals surface area contributed by atoms with Crippen LogP contribution in [0.1, 0.15) is 31.9 Å². The van der Waals surface area contributed by atoms with Gasteiger partial charge in [0.15, 0.2) is 11.1 Å². The molecule has 40 heavy (non-hydrogen) atoms. The Morgan fingerprint density at radius 1 is 0.850 bits per heavy atom. The predicted molar refractivity (Wildman–Crippen MR) is 148 cm³/mol. The molecule has 0 radical (unpaired) electrons. The van der Waals surface area contributed by atoms with Crippen molar-refractivity contribution in [2.24, 2.45) is 4.99 Å². The van der Waals surface area contributed by atoms with Crippen LogP contribution in [0, 0.1) is 0 Å². The molecule has 0 amide bonds. The minimum atomic E-state index is -1.11. The third-order valence-corrected chi connectivity index (χ3v) is 7.34. The lowest BCUT2D eigenvalue weighted by Crippen LogP contribution is -2.59. The summed E-state index contributed by atoms with van der Waals surface area (Å²) in [6.07, 6.45) is -2.72. The fraction of sp³-hybridized carbons (Fsp3) is 0.483. The fourth-order valence-corrected chi connectivity index (χ4v) is 5.33. The van der Waals surface area contributed by atoms with Crippen LogP contribution in [0.25, 0.3) is 0 Å². The first-order valence-corrected chi connectivity index (χ1v) is 13.7. The molecule has 4 rings (SSSR count). The zero-order valence-corrected chi connectivity index (χ0v) is 24.3. The molecule has 216 valence electrons. The lowest BCUT2D eigenvalue weighted by atomic mass is 9.97. The van der Waals surface area contributed by atoms with Crippen LogP contribution in [0.2, 0.25) is 0 Å². The molecule has 1 saturated heterocycles. The van der Waals surface area contributed by atoms with Crippen molar-refractivity contribution < 1.29 is 42.7 Å². The summed E-state index contributed by atoms with van der Waals surface area (Å²) in [7, 11) is 4.48. The molecule has 0 N–H and O–H groups in total. The van der Waals surface area contributed by atoms with Crippen molar-refractivity contribution in [2.45, 2.75) is 69.4 Å². The van der Waals surface area contributed by atoms with E-state index in [1.807, 2.05) is 48.5 Å². The number of rotatable bonds is 10. The van der Waals surface area contributed by atoms with E-state index >= 15 is 0 Å². The van der Waals surface area contributed by atoms with Crippen molar-refractivity contribution in [3.8, 4) is 11.5 Å². The number of benzene rings is 2. The Bertz CT molecular complexity index is 1190. The fourth-order valence-electron chi connectivity index (χ4n) is 4.26. The molecule has 2 aliphatic rings. The third-order valence-electron chi connectivity index (χ3n) is 6.22. The van der Waals surface area contributed by atoms with E-state index in [4.69, 9.17) is 33.2 Å². The molecule has 0 bridgehead atoms. The quantitative estimate of drug-likeness (QED) is 0.388. The molecule has 2 aliphatic heterocycles. The highest BCUT2D eigenvalue weighted by Crippen LogP contribution is 2.40. The summed E-state index contributed by atoms with van der Waals surface area (Å²) in [5.74, 6) is 0.269. The molecular weight excluding hydrogens is 538 g/mol. The van der Waals surface area contributed by atoms with Crippen LogP contribution < -0.4 is 9.47 Å². The zero-order valence-electron chi connectivity index (χ0n) is 23.4. The Kier molecular flexibility index (Phi) is 9.72. The van der Waals surface area contributed by atoms with Gasteiger partial charge in [0.25, 0.3) is 0 Å². The van der Waals surface area contributed by atoms with Crippen LogP contribution in [0.5, 0.6) is 11.5 Å². The first kappa shape index (κ1) is 29.9. The van der Waals surface area contributed by atoms with Crippen LogP contribution in [-0.4, -0.2) is 73.7 Å². The topological polar surface area (TPSA) is 111 Å². The van der Waals surface area contributed by atoms with Gasteiger partial charge >= 0.3 is 11.9 Å². The van der Waals surface area contributed by atoms with Gasteiger partial charge in [0.05, 0.1) is 34.5 Å². The van der Waals surface area contributed by atoms with Gasteiger partial charge in [-0.2, -0.15) is 0 Å². The SMILES string of the molecule is COC(=O)C1OC2SC(C(=O)OC(C)(C)C)=NC2C(OCc2ccc(OC)cc2)C1OCc1ccc(OC)cc1. The van der Waals surface area contributed by atoms with E-state index in [9.17, 15) is 9.59 Å².